The number of benzene rings is 1. The number of rotatable bonds is 5. The lowest BCUT2D eigenvalue weighted by Crippen LogP contribution is -2.23. The van der Waals surface area contributed by atoms with Crippen LogP contribution in [-0.2, 0) is 6.42 Å². The van der Waals surface area contributed by atoms with Crippen molar-refractivity contribution in [3.05, 3.63) is 59.7 Å². The molecule has 0 bridgehead atoms. The third kappa shape index (κ3) is 3.34. The van der Waals surface area contributed by atoms with Gasteiger partial charge in [-0.2, -0.15) is 10.2 Å². The van der Waals surface area contributed by atoms with E-state index in [1.165, 1.54) is 12.1 Å². The molecule has 0 saturated carbocycles. The van der Waals surface area contributed by atoms with Crippen LogP contribution in [0, 0.1) is 5.82 Å². The molecule has 0 amide bonds. The van der Waals surface area contributed by atoms with Gasteiger partial charge in [-0.05, 0) is 42.3 Å². The molecule has 3 nitrogen and oxygen atoms in total. The zero-order valence-electron chi connectivity index (χ0n) is 10.3. The largest absolute Gasteiger partial charge is 0.310 e. The van der Waals surface area contributed by atoms with E-state index in [1.807, 2.05) is 18.2 Å². The molecule has 2 aromatic rings. The Balaban J connectivity index is 2.14. The molecule has 1 heterocycles. The molecular weight excluding hydrogens is 229 g/mol. The number of hydrogen-bond donors (Lipinski definition) is 1. The number of likely N-dealkylation sites (N-methyl/N-ethyl adjacent to an activating group) is 1. The second kappa shape index (κ2) is 6.21. The van der Waals surface area contributed by atoms with Crippen molar-refractivity contribution in [1.29, 1.82) is 0 Å². The number of nitrogens with one attached hydrogen (secondary N) is 1. The first kappa shape index (κ1) is 12.6. The minimum Gasteiger partial charge on any atom is -0.310 e. The first-order valence-corrected chi connectivity index (χ1v) is 6.04. The lowest BCUT2D eigenvalue weighted by Gasteiger charge is -2.17. The molecule has 0 aliphatic carbocycles. The van der Waals surface area contributed by atoms with E-state index >= 15 is 0 Å². The average Bonchev–Trinajstić information content (AvgIpc) is 2.42. The van der Waals surface area contributed by atoms with Gasteiger partial charge >= 0.3 is 0 Å². The zero-order valence-corrected chi connectivity index (χ0v) is 10.3. The Morgan fingerprint density at radius 2 is 1.94 bits per heavy atom. The van der Waals surface area contributed by atoms with Gasteiger partial charge in [-0.1, -0.05) is 19.1 Å². The van der Waals surface area contributed by atoms with E-state index in [2.05, 4.69) is 22.4 Å². The van der Waals surface area contributed by atoms with Gasteiger partial charge in [0.05, 0.1) is 6.20 Å². The van der Waals surface area contributed by atoms with E-state index in [0.717, 1.165) is 24.1 Å². The molecule has 18 heavy (non-hydrogen) atoms. The van der Waals surface area contributed by atoms with Gasteiger partial charge in [0.1, 0.15) is 5.82 Å². The molecule has 0 radical (unpaired) electrons. The van der Waals surface area contributed by atoms with Crippen LogP contribution in [0.1, 0.15) is 24.1 Å². The molecule has 1 aromatic carbocycles. The predicted molar refractivity (Wildman–Crippen MR) is 68.6 cm³/mol. The topological polar surface area (TPSA) is 37.8 Å². The van der Waals surface area contributed by atoms with Gasteiger partial charge in [-0.3, -0.25) is 0 Å². The highest BCUT2D eigenvalue weighted by Gasteiger charge is 2.11. The second-order valence-corrected chi connectivity index (χ2v) is 4.12. The number of halogens is 1. The monoisotopic (exact) mass is 245 g/mol. The summed E-state index contributed by atoms with van der Waals surface area (Å²) in [5.41, 5.74) is 2.19. The Kier molecular flexibility index (Phi) is 4.36. The number of nitrogens with zero attached hydrogens (tertiary/aromatic N) is 2. The molecule has 1 atom stereocenters. The smallest absolute Gasteiger partial charge is 0.123 e. The van der Waals surface area contributed by atoms with E-state index in [1.54, 1.807) is 12.4 Å². The van der Waals surface area contributed by atoms with Crippen LogP contribution in [-0.4, -0.2) is 16.7 Å². The average molecular weight is 245 g/mol. The summed E-state index contributed by atoms with van der Waals surface area (Å²) in [7, 11) is 0. The van der Waals surface area contributed by atoms with Crippen LogP contribution in [0.25, 0.3) is 0 Å². The zero-order chi connectivity index (χ0) is 12.8. The lowest BCUT2D eigenvalue weighted by atomic mass is 10.0. The molecule has 94 valence electrons. The summed E-state index contributed by atoms with van der Waals surface area (Å²) in [6, 6.07) is 8.73. The summed E-state index contributed by atoms with van der Waals surface area (Å²) in [4.78, 5) is 0. The van der Waals surface area contributed by atoms with Crippen LogP contribution in [0.2, 0.25) is 0 Å². The van der Waals surface area contributed by atoms with E-state index in [0.29, 0.717) is 0 Å². The normalized spacial score (nSPS) is 12.3. The van der Waals surface area contributed by atoms with Gasteiger partial charge in [0, 0.05) is 12.2 Å². The molecule has 0 saturated heterocycles. The van der Waals surface area contributed by atoms with Crippen LogP contribution < -0.4 is 5.32 Å². The van der Waals surface area contributed by atoms with Crippen molar-refractivity contribution in [3.63, 3.8) is 0 Å². The van der Waals surface area contributed by atoms with Crippen LogP contribution >= 0.6 is 0 Å². The fourth-order valence-electron chi connectivity index (χ4n) is 1.92. The van der Waals surface area contributed by atoms with E-state index in [9.17, 15) is 4.39 Å². The van der Waals surface area contributed by atoms with Crippen molar-refractivity contribution in [1.82, 2.24) is 15.5 Å². The third-order valence-corrected chi connectivity index (χ3v) is 2.81. The summed E-state index contributed by atoms with van der Waals surface area (Å²) < 4.78 is 12.9. The van der Waals surface area contributed by atoms with E-state index < -0.39 is 0 Å². The predicted octanol–water partition coefficient (Wildman–Crippen LogP) is 2.51. The molecule has 0 aliphatic rings. The van der Waals surface area contributed by atoms with Crippen LogP contribution in [0.4, 0.5) is 4.39 Å². The van der Waals surface area contributed by atoms with Gasteiger partial charge in [-0.25, -0.2) is 4.39 Å². The molecule has 0 fully saturated rings. The van der Waals surface area contributed by atoms with Crippen LogP contribution in [0.15, 0.2) is 42.7 Å². The summed E-state index contributed by atoms with van der Waals surface area (Å²) in [6.07, 6.45) is 4.25. The van der Waals surface area contributed by atoms with Crippen LogP contribution in [0.3, 0.4) is 0 Å². The second-order valence-electron chi connectivity index (χ2n) is 4.12. The van der Waals surface area contributed by atoms with Crippen molar-refractivity contribution in [2.45, 2.75) is 19.4 Å². The molecule has 1 N–H and O–H groups in total. The molecular formula is C14H16FN3. The van der Waals surface area contributed by atoms with E-state index in [-0.39, 0.29) is 11.9 Å². The number of hydrogen-bond acceptors (Lipinski definition) is 3. The summed E-state index contributed by atoms with van der Waals surface area (Å²) in [6.45, 7) is 2.93. The van der Waals surface area contributed by atoms with Crippen molar-refractivity contribution in [3.8, 4) is 0 Å². The molecule has 4 heteroatoms. The maximum absolute atomic E-state index is 12.9. The molecule has 0 spiro atoms. The van der Waals surface area contributed by atoms with Gasteiger partial charge in [-0.15, -0.1) is 0 Å². The Bertz CT molecular complexity index is 470. The van der Waals surface area contributed by atoms with E-state index in [4.69, 9.17) is 0 Å². The summed E-state index contributed by atoms with van der Waals surface area (Å²) >= 11 is 0. The van der Waals surface area contributed by atoms with Gasteiger partial charge < -0.3 is 5.32 Å². The first-order chi connectivity index (χ1) is 8.79. The maximum Gasteiger partial charge on any atom is 0.123 e. The molecule has 2 rings (SSSR count). The Labute approximate surface area is 106 Å². The van der Waals surface area contributed by atoms with Gasteiger partial charge in [0.2, 0.25) is 0 Å². The van der Waals surface area contributed by atoms with Crippen molar-refractivity contribution in [2.75, 3.05) is 6.54 Å². The fourth-order valence-corrected chi connectivity index (χ4v) is 1.92. The maximum atomic E-state index is 12.9. The highest BCUT2D eigenvalue weighted by molar-refractivity contribution is 5.21. The lowest BCUT2D eigenvalue weighted by molar-refractivity contribution is 0.545. The summed E-state index contributed by atoms with van der Waals surface area (Å²) in [5.74, 6) is -0.204. The fraction of sp³-hybridized carbons (Fsp3) is 0.286. The molecule has 1 aromatic heterocycles. The standard InChI is InChI=1S/C14H16FN3/c1-2-16-14(12-7-8-17-18-10-12)9-11-3-5-13(15)6-4-11/h3-8,10,14,16H,2,9H2,1H3. The Morgan fingerprint density at radius 3 is 2.56 bits per heavy atom. The minimum absolute atomic E-state index is 0.177. The molecule has 1 unspecified atom stereocenters. The van der Waals surface area contributed by atoms with Crippen molar-refractivity contribution in [2.24, 2.45) is 0 Å². The first-order valence-electron chi connectivity index (χ1n) is 6.04. The molecule has 0 aliphatic heterocycles. The van der Waals surface area contributed by atoms with Crippen molar-refractivity contribution < 1.29 is 4.39 Å². The quantitative estimate of drug-likeness (QED) is 0.879. The van der Waals surface area contributed by atoms with Crippen LogP contribution in [0.5, 0.6) is 0 Å². The SMILES string of the molecule is CCNC(Cc1ccc(F)cc1)c1ccnnc1. The van der Waals surface area contributed by atoms with Crippen molar-refractivity contribution >= 4 is 0 Å². The highest BCUT2D eigenvalue weighted by Crippen LogP contribution is 2.17. The minimum atomic E-state index is -0.204. The van der Waals surface area contributed by atoms with Gasteiger partial charge in [0.15, 0.2) is 0 Å². The third-order valence-electron chi connectivity index (χ3n) is 2.81. The summed E-state index contributed by atoms with van der Waals surface area (Å²) in [5, 5.41) is 11.1. The van der Waals surface area contributed by atoms with Gasteiger partial charge in [0.25, 0.3) is 0 Å². The number of aromatic nitrogens is 2. The Morgan fingerprint density at radius 1 is 1.17 bits per heavy atom. The highest BCUT2D eigenvalue weighted by atomic mass is 19.1. The Hall–Kier alpha value is -1.81.